The molecule has 0 aliphatic heterocycles. The van der Waals surface area contributed by atoms with E-state index in [0.29, 0.717) is 34.1 Å². The van der Waals surface area contributed by atoms with Gasteiger partial charge in [-0.3, -0.25) is 9.59 Å². The van der Waals surface area contributed by atoms with Gasteiger partial charge in [-0.15, -0.1) is 11.3 Å². The third-order valence-electron chi connectivity index (χ3n) is 4.27. The standard InChI is InChI=1S/C21H25BrN2O4S/c1-6-24(7-2)20(26)17-13(5)16(21(27)28-12(3)4)19(29-17)23-18(25)14-8-10-15(22)11-9-14/h8-12H,6-7H2,1-5H3,(H,23,25). The molecule has 1 N–H and O–H groups in total. The number of halogens is 1. The number of benzene rings is 1. The van der Waals surface area contributed by atoms with Gasteiger partial charge in [0.1, 0.15) is 5.00 Å². The molecule has 0 unspecified atom stereocenters. The Morgan fingerprint density at radius 3 is 2.24 bits per heavy atom. The fraction of sp³-hybridized carbons (Fsp3) is 0.381. The highest BCUT2D eigenvalue weighted by Crippen LogP contribution is 2.35. The summed E-state index contributed by atoms with van der Waals surface area (Å²) < 4.78 is 6.21. The van der Waals surface area contributed by atoms with Gasteiger partial charge in [-0.1, -0.05) is 15.9 Å². The highest BCUT2D eigenvalue weighted by Gasteiger charge is 2.29. The van der Waals surface area contributed by atoms with Gasteiger partial charge in [0.15, 0.2) is 0 Å². The molecule has 0 saturated carbocycles. The van der Waals surface area contributed by atoms with Crippen LogP contribution in [0, 0.1) is 6.92 Å². The third-order valence-corrected chi connectivity index (χ3v) is 6.00. The molecule has 29 heavy (non-hydrogen) atoms. The van der Waals surface area contributed by atoms with Gasteiger partial charge >= 0.3 is 5.97 Å². The lowest BCUT2D eigenvalue weighted by Gasteiger charge is -2.18. The maximum atomic E-state index is 12.9. The molecule has 2 rings (SSSR count). The van der Waals surface area contributed by atoms with E-state index >= 15 is 0 Å². The predicted octanol–water partition coefficient (Wildman–Crippen LogP) is 5.12. The number of amides is 2. The van der Waals surface area contributed by atoms with Crippen LogP contribution in [0.1, 0.15) is 63.6 Å². The molecule has 6 nitrogen and oxygen atoms in total. The first-order valence-electron chi connectivity index (χ1n) is 9.40. The average Bonchev–Trinajstić information content (AvgIpc) is 2.98. The molecule has 0 radical (unpaired) electrons. The van der Waals surface area contributed by atoms with Crippen molar-refractivity contribution in [2.45, 2.75) is 40.7 Å². The number of nitrogens with zero attached hydrogens (tertiary/aromatic N) is 1. The van der Waals surface area contributed by atoms with Gasteiger partial charge in [0.25, 0.3) is 11.8 Å². The Labute approximate surface area is 183 Å². The third kappa shape index (κ3) is 5.45. The van der Waals surface area contributed by atoms with Gasteiger partial charge in [-0.05, 0) is 64.4 Å². The van der Waals surface area contributed by atoms with Crippen LogP contribution >= 0.6 is 27.3 Å². The summed E-state index contributed by atoms with van der Waals surface area (Å²) in [6.07, 6.45) is -0.321. The van der Waals surface area contributed by atoms with Crippen LogP contribution in [0.25, 0.3) is 0 Å². The fourth-order valence-corrected chi connectivity index (χ4v) is 4.18. The summed E-state index contributed by atoms with van der Waals surface area (Å²) in [5, 5.41) is 3.10. The molecule has 0 fully saturated rings. The van der Waals surface area contributed by atoms with Gasteiger partial charge in [-0.2, -0.15) is 0 Å². The van der Waals surface area contributed by atoms with Crippen molar-refractivity contribution in [2.24, 2.45) is 0 Å². The Kier molecular flexibility index (Phi) is 7.98. The fourth-order valence-electron chi connectivity index (χ4n) is 2.76. The second-order valence-electron chi connectivity index (χ2n) is 6.65. The van der Waals surface area contributed by atoms with Crippen molar-refractivity contribution in [1.82, 2.24) is 4.90 Å². The van der Waals surface area contributed by atoms with Crippen LogP contribution in [0.3, 0.4) is 0 Å². The van der Waals surface area contributed by atoms with Crippen molar-refractivity contribution in [3.05, 3.63) is 50.3 Å². The normalized spacial score (nSPS) is 10.7. The molecule has 0 spiro atoms. The number of rotatable bonds is 7. The Balaban J connectivity index is 2.46. The lowest BCUT2D eigenvalue weighted by Crippen LogP contribution is -2.30. The monoisotopic (exact) mass is 480 g/mol. The first-order chi connectivity index (χ1) is 13.7. The minimum absolute atomic E-state index is 0.166. The molecule has 1 heterocycles. The van der Waals surface area contributed by atoms with Crippen molar-refractivity contribution in [2.75, 3.05) is 18.4 Å². The number of thiophene rings is 1. The Morgan fingerprint density at radius 1 is 1.14 bits per heavy atom. The van der Waals surface area contributed by atoms with E-state index in [-0.39, 0.29) is 23.5 Å². The first kappa shape index (κ1) is 23.1. The molecule has 0 atom stereocenters. The summed E-state index contributed by atoms with van der Waals surface area (Å²) in [5.74, 6) is -1.09. The van der Waals surface area contributed by atoms with E-state index in [1.54, 1.807) is 49.9 Å². The Bertz CT molecular complexity index is 902. The van der Waals surface area contributed by atoms with E-state index in [1.807, 2.05) is 13.8 Å². The highest BCUT2D eigenvalue weighted by molar-refractivity contribution is 9.10. The number of esters is 1. The average molecular weight is 481 g/mol. The molecule has 2 amide bonds. The number of nitrogens with one attached hydrogen (secondary N) is 1. The predicted molar refractivity (Wildman–Crippen MR) is 119 cm³/mol. The van der Waals surface area contributed by atoms with Crippen molar-refractivity contribution in [1.29, 1.82) is 0 Å². The minimum Gasteiger partial charge on any atom is -0.459 e. The summed E-state index contributed by atoms with van der Waals surface area (Å²) in [5.41, 5.74) is 1.19. The van der Waals surface area contributed by atoms with Gasteiger partial charge in [-0.25, -0.2) is 4.79 Å². The topological polar surface area (TPSA) is 75.7 Å². The molecule has 0 saturated heterocycles. The van der Waals surface area contributed by atoms with Crippen molar-refractivity contribution >= 4 is 50.1 Å². The summed E-state index contributed by atoms with van der Waals surface area (Å²) >= 11 is 4.44. The molecule has 1 aromatic carbocycles. The van der Waals surface area contributed by atoms with E-state index < -0.39 is 5.97 Å². The zero-order chi connectivity index (χ0) is 21.7. The summed E-state index contributed by atoms with van der Waals surface area (Å²) in [6, 6.07) is 6.87. The largest absolute Gasteiger partial charge is 0.459 e. The summed E-state index contributed by atoms with van der Waals surface area (Å²) in [7, 11) is 0. The van der Waals surface area contributed by atoms with Crippen LogP contribution in [0.2, 0.25) is 0 Å². The van der Waals surface area contributed by atoms with E-state index in [1.165, 1.54) is 0 Å². The summed E-state index contributed by atoms with van der Waals surface area (Å²) in [4.78, 5) is 40.4. The smallest absolute Gasteiger partial charge is 0.341 e. The van der Waals surface area contributed by atoms with Gasteiger partial charge < -0.3 is 15.0 Å². The molecule has 2 aromatic rings. The van der Waals surface area contributed by atoms with Crippen molar-refractivity contribution in [3.63, 3.8) is 0 Å². The molecule has 0 bridgehead atoms. The molecule has 156 valence electrons. The van der Waals surface area contributed by atoms with E-state index in [4.69, 9.17) is 4.74 Å². The molecule has 0 aliphatic carbocycles. The quantitative estimate of drug-likeness (QED) is 0.558. The van der Waals surface area contributed by atoms with E-state index in [2.05, 4.69) is 21.2 Å². The lowest BCUT2D eigenvalue weighted by molar-refractivity contribution is 0.0379. The number of ether oxygens (including phenoxy) is 1. The van der Waals surface area contributed by atoms with Gasteiger partial charge in [0.05, 0.1) is 16.5 Å². The van der Waals surface area contributed by atoms with E-state index in [0.717, 1.165) is 15.8 Å². The molecular weight excluding hydrogens is 456 g/mol. The molecular formula is C21H25BrN2O4S. The van der Waals surface area contributed by atoms with Crippen LogP contribution in [0.5, 0.6) is 0 Å². The SMILES string of the molecule is CCN(CC)C(=O)c1sc(NC(=O)c2ccc(Br)cc2)c(C(=O)OC(C)C)c1C. The van der Waals surface area contributed by atoms with Gasteiger partial charge in [0.2, 0.25) is 0 Å². The second kappa shape index (κ2) is 10.0. The van der Waals surface area contributed by atoms with E-state index in [9.17, 15) is 14.4 Å². The molecule has 0 aliphatic rings. The number of anilines is 1. The maximum absolute atomic E-state index is 12.9. The van der Waals surface area contributed by atoms with Crippen molar-refractivity contribution in [3.8, 4) is 0 Å². The molecule has 8 heteroatoms. The maximum Gasteiger partial charge on any atom is 0.341 e. The van der Waals surface area contributed by atoms with Crippen LogP contribution < -0.4 is 5.32 Å². The minimum atomic E-state index is -0.557. The van der Waals surface area contributed by atoms with Crippen LogP contribution in [-0.4, -0.2) is 41.9 Å². The van der Waals surface area contributed by atoms with Gasteiger partial charge in [0, 0.05) is 23.1 Å². The highest BCUT2D eigenvalue weighted by atomic mass is 79.9. The van der Waals surface area contributed by atoms with Crippen LogP contribution in [0.4, 0.5) is 5.00 Å². The zero-order valence-electron chi connectivity index (χ0n) is 17.2. The summed E-state index contributed by atoms with van der Waals surface area (Å²) in [6.45, 7) is 10.1. The second-order valence-corrected chi connectivity index (χ2v) is 8.59. The molecule has 1 aromatic heterocycles. The van der Waals surface area contributed by atoms with Crippen LogP contribution in [0.15, 0.2) is 28.7 Å². The number of hydrogen-bond acceptors (Lipinski definition) is 5. The number of carbonyl (C=O) groups excluding carboxylic acids is 3. The lowest BCUT2D eigenvalue weighted by atomic mass is 10.1. The van der Waals surface area contributed by atoms with Crippen LogP contribution in [-0.2, 0) is 4.74 Å². The Hall–Kier alpha value is -2.19. The number of carbonyl (C=O) groups is 3. The zero-order valence-corrected chi connectivity index (χ0v) is 19.6. The van der Waals surface area contributed by atoms with Crippen molar-refractivity contribution < 1.29 is 19.1 Å². The first-order valence-corrected chi connectivity index (χ1v) is 11.0. The number of hydrogen-bond donors (Lipinski definition) is 1. The Morgan fingerprint density at radius 2 is 1.72 bits per heavy atom.